The van der Waals surface area contributed by atoms with Crippen LogP contribution in [-0.2, 0) is 6.42 Å². The van der Waals surface area contributed by atoms with E-state index in [-0.39, 0.29) is 0 Å². The van der Waals surface area contributed by atoms with Crippen LogP contribution in [0.4, 0.5) is 5.82 Å². The van der Waals surface area contributed by atoms with Gasteiger partial charge >= 0.3 is 0 Å². The molecule has 16 heavy (non-hydrogen) atoms. The number of nitrogens with zero attached hydrogens (tertiary/aromatic N) is 3. The minimum absolute atomic E-state index is 0.440. The van der Waals surface area contributed by atoms with Crippen LogP contribution in [0.5, 0.6) is 0 Å². The Labute approximate surface area is 96.9 Å². The van der Waals surface area contributed by atoms with Crippen LogP contribution in [0.25, 0.3) is 0 Å². The second kappa shape index (κ2) is 5.25. The highest BCUT2D eigenvalue weighted by Gasteiger charge is 2.22. The SMILES string of the molecule is CCc1ccc(N2CCCCC2CN)nn1. The highest BCUT2D eigenvalue weighted by Crippen LogP contribution is 2.21. The molecular formula is C12H20N4. The van der Waals surface area contributed by atoms with Crippen LogP contribution in [0.15, 0.2) is 12.1 Å². The third-order valence-electron chi connectivity index (χ3n) is 3.26. The summed E-state index contributed by atoms with van der Waals surface area (Å²) >= 11 is 0. The Kier molecular flexibility index (Phi) is 3.72. The van der Waals surface area contributed by atoms with Gasteiger partial charge in [-0.25, -0.2) is 0 Å². The molecule has 2 N–H and O–H groups in total. The average molecular weight is 220 g/mol. The molecule has 1 aliphatic rings. The van der Waals surface area contributed by atoms with Gasteiger partial charge in [-0.2, -0.15) is 5.10 Å². The highest BCUT2D eigenvalue weighted by molar-refractivity contribution is 5.39. The Morgan fingerprint density at radius 2 is 2.25 bits per heavy atom. The second-order valence-electron chi connectivity index (χ2n) is 4.32. The lowest BCUT2D eigenvalue weighted by atomic mass is 10.0. The number of anilines is 1. The summed E-state index contributed by atoms with van der Waals surface area (Å²) in [5.41, 5.74) is 6.84. The number of rotatable bonds is 3. The van der Waals surface area contributed by atoms with Gasteiger partial charge in [0.2, 0.25) is 0 Å². The van der Waals surface area contributed by atoms with Crippen LogP contribution in [0, 0.1) is 0 Å². The molecule has 0 aliphatic carbocycles. The average Bonchev–Trinajstić information content (AvgIpc) is 2.39. The van der Waals surface area contributed by atoms with E-state index in [1.54, 1.807) is 0 Å². The molecule has 1 atom stereocenters. The Bertz CT molecular complexity index is 322. The molecule has 0 aromatic carbocycles. The van der Waals surface area contributed by atoms with E-state index in [2.05, 4.69) is 34.2 Å². The predicted octanol–water partition coefficient (Wildman–Crippen LogP) is 1.36. The molecule has 0 amide bonds. The Morgan fingerprint density at radius 3 is 2.88 bits per heavy atom. The van der Waals surface area contributed by atoms with Crippen molar-refractivity contribution in [3.63, 3.8) is 0 Å². The number of hydrogen-bond donors (Lipinski definition) is 1. The van der Waals surface area contributed by atoms with Gasteiger partial charge in [-0.1, -0.05) is 6.92 Å². The molecule has 2 rings (SSSR count). The van der Waals surface area contributed by atoms with Crippen LogP contribution in [0.2, 0.25) is 0 Å². The number of aryl methyl sites for hydroxylation is 1. The van der Waals surface area contributed by atoms with E-state index in [0.29, 0.717) is 12.6 Å². The minimum Gasteiger partial charge on any atom is -0.351 e. The maximum atomic E-state index is 5.80. The van der Waals surface area contributed by atoms with E-state index in [1.807, 2.05) is 0 Å². The highest BCUT2D eigenvalue weighted by atomic mass is 15.3. The quantitative estimate of drug-likeness (QED) is 0.835. The molecule has 4 heteroatoms. The molecule has 1 aliphatic heterocycles. The van der Waals surface area contributed by atoms with Crippen LogP contribution < -0.4 is 10.6 Å². The van der Waals surface area contributed by atoms with E-state index in [4.69, 9.17) is 5.73 Å². The first-order chi connectivity index (χ1) is 7.85. The molecule has 0 spiro atoms. The second-order valence-corrected chi connectivity index (χ2v) is 4.32. The van der Waals surface area contributed by atoms with Gasteiger partial charge in [0.25, 0.3) is 0 Å². The zero-order chi connectivity index (χ0) is 11.4. The number of nitrogens with two attached hydrogens (primary N) is 1. The lowest BCUT2D eigenvalue weighted by Crippen LogP contribution is -2.44. The molecule has 1 unspecified atom stereocenters. The molecule has 1 aromatic rings. The van der Waals surface area contributed by atoms with Gasteiger partial charge in [0.05, 0.1) is 5.69 Å². The largest absolute Gasteiger partial charge is 0.351 e. The molecular weight excluding hydrogens is 200 g/mol. The van der Waals surface area contributed by atoms with Crippen LogP contribution in [0.3, 0.4) is 0 Å². The lowest BCUT2D eigenvalue weighted by molar-refractivity contribution is 0.460. The maximum absolute atomic E-state index is 5.80. The summed E-state index contributed by atoms with van der Waals surface area (Å²) in [6, 6.07) is 4.57. The van der Waals surface area contributed by atoms with Gasteiger partial charge in [0.15, 0.2) is 5.82 Å². The Hall–Kier alpha value is -1.16. The van der Waals surface area contributed by atoms with Crippen molar-refractivity contribution in [2.24, 2.45) is 5.73 Å². The van der Waals surface area contributed by atoms with Crippen molar-refractivity contribution < 1.29 is 0 Å². The van der Waals surface area contributed by atoms with Crippen LogP contribution in [0.1, 0.15) is 31.9 Å². The number of piperidine rings is 1. The molecule has 1 aromatic heterocycles. The van der Waals surface area contributed by atoms with Gasteiger partial charge in [-0.15, -0.1) is 5.10 Å². The first kappa shape index (κ1) is 11.3. The molecule has 0 radical (unpaired) electrons. The summed E-state index contributed by atoms with van der Waals surface area (Å²) in [7, 11) is 0. The maximum Gasteiger partial charge on any atom is 0.151 e. The van der Waals surface area contributed by atoms with Crippen LogP contribution >= 0.6 is 0 Å². The summed E-state index contributed by atoms with van der Waals surface area (Å²) < 4.78 is 0. The molecule has 2 heterocycles. The van der Waals surface area contributed by atoms with Crippen molar-refractivity contribution >= 4 is 5.82 Å². The van der Waals surface area contributed by atoms with E-state index in [1.165, 1.54) is 19.3 Å². The molecule has 0 saturated carbocycles. The first-order valence-electron chi connectivity index (χ1n) is 6.14. The minimum atomic E-state index is 0.440. The van der Waals surface area contributed by atoms with Crippen molar-refractivity contribution in [2.75, 3.05) is 18.0 Å². The standard InChI is InChI=1S/C12H20N4/c1-2-10-6-7-12(15-14-10)16-8-4-3-5-11(16)9-13/h6-7,11H,2-5,8-9,13H2,1H3. The molecule has 1 fully saturated rings. The van der Waals surface area contributed by atoms with Gasteiger partial charge in [-0.05, 0) is 37.8 Å². The van der Waals surface area contributed by atoms with Gasteiger partial charge in [-0.3, -0.25) is 0 Å². The van der Waals surface area contributed by atoms with E-state index in [9.17, 15) is 0 Å². The summed E-state index contributed by atoms with van der Waals surface area (Å²) in [6.07, 6.45) is 4.62. The van der Waals surface area contributed by atoms with Crippen molar-refractivity contribution in [1.29, 1.82) is 0 Å². The zero-order valence-electron chi connectivity index (χ0n) is 9.89. The van der Waals surface area contributed by atoms with Gasteiger partial charge in [0.1, 0.15) is 0 Å². The van der Waals surface area contributed by atoms with Crippen molar-refractivity contribution in [2.45, 2.75) is 38.6 Å². The summed E-state index contributed by atoms with van der Waals surface area (Å²) in [5, 5.41) is 8.50. The topological polar surface area (TPSA) is 55.0 Å². The number of hydrogen-bond acceptors (Lipinski definition) is 4. The van der Waals surface area contributed by atoms with E-state index < -0.39 is 0 Å². The molecule has 1 saturated heterocycles. The van der Waals surface area contributed by atoms with Gasteiger partial charge < -0.3 is 10.6 Å². The summed E-state index contributed by atoms with van der Waals surface area (Å²) in [6.45, 7) is 3.85. The third-order valence-corrected chi connectivity index (χ3v) is 3.26. The number of aromatic nitrogens is 2. The summed E-state index contributed by atoms with van der Waals surface area (Å²) in [5.74, 6) is 0.979. The smallest absolute Gasteiger partial charge is 0.151 e. The first-order valence-corrected chi connectivity index (χ1v) is 6.14. The molecule has 0 bridgehead atoms. The van der Waals surface area contributed by atoms with Crippen LogP contribution in [-0.4, -0.2) is 29.3 Å². The van der Waals surface area contributed by atoms with E-state index in [0.717, 1.165) is 24.5 Å². The Morgan fingerprint density at radius 1 is 1.38 bits per heavy atom. The monoisotopic (exact) mass is 220 g/mol. The van der Waals surface area contributed by atoms with E-state index >= 15 is 0 Å². The fourth-order valence-electron chi connectivity index (χ4n) is 2.24. The molecule has 88 valence electrons. The Balaban J connectivity index is 2.14. The van der Waals surface area contributed by atoms with Crippen molar-refractivity contribution in [3.05, 3.63) is 17.8 Å². The lowest BCUT2D eigenvalue weighted by Gasteiger charge is -2.35. The third kappa shape index (κ3) is 2.32. The van der Waals surface area contributed by atoms with Gasteiger partial charge in [0, 0.05) is 19.1 Å². The molecule has 4 nitrogen and oxygen atoms in total. The fraction of sp³-hybridized carbons (Fsp3) is 0.667. The zero-order valence-corrected chi connectivity index (χ0v) is 9.89. The fourth-order valence-corrected chi connectivity index (χ4v) is 2.24. The van der Waals surface area contributed by atoms with Crippen molar-refractivity contribution in [1.82, 2.24) is 10.2 Å². The summed E-state index contributed by atoms with van der Waals surface area (Å²) in [4.78, 5) is 2.30. The normalized spacial score (nSPS) is 21.1. The van der Waals surface area contributed by atoms with Crippen molar-refractivity contribution in [3.8, 4) is 0 Å². The predicted molar refractivity (Wildman–Crippen MR) is 65.4 cm³/mol.